The third-order valence-corrected chi connectivity index (χ3v) is 7.49. The lowest BCUT2D eigenvalue weighted by Gasteiger charge is -2.20. The van der Waals surface area contributed by atoms with Gasteiger partial charge in [-0.1, -0.05) is 37.3 Å². The molecule has 0 radical (unpaired) electrons. The van der Waals surface area contributed by atoms with E-state index in [1.165, 1.54) is 24.1 Å². The Labute approximate surface area is 211 Å². The Morgan fingerprint density at radius 2 is 1.89 bits per heavy atom. The summed E-state index contributed by atoms with van der Waals surface area (Å²) in [6.45, 7) is 2.66. The predicted molar refractivity (Wildman–Crippen MR) is 139 cm³/mol. The van der Waals surface area contributed by atoms with Crippen molar-refractivity contribution in [2.24, 2.45) is 0 Å². The SMILES string of the molecule is CCc1cc(OCc2ccc3[nH]c(-c4ccccc4-c4nnn[nH]4)c(Br)c3c2)c2c(n1)CCCC2. The molecule has 0 saturated carbocycles. The normalized spacial score (nSPS) is 13.2. The molecule has 35 heavy (non-hydrogen) atoms. The summed E-state index contributed by atoms with van der Waals surface area (Å²) in [5, 5.41) is 15.5. The molecule has 0 bridgehead atoms. The van der Waals surface area contributed by atoms with Crippen molar-refractivity contribution in [2.45, 2.75) is 45.6 Å². The van der Waals surface area contributed by atoms with Gasteiger partial charge in [-0.2, -0.15) is 0 Å². The zero-order valence-electron chi connectivity index (χ0n) is 19.4. The van der Waals surface area contributed by atoms with Crippen molar-refractivity contribution in [3.8, 4) is 28.4 Å². The topological polar surface area (TPSA) is 92.4 Å². The number of hydrogen-bond donors (Lipinski definition) is 2. The molecule has 1 aliphatic rings. The Kier molecular flexibility index (Phi) is 5.82. The zero-order chi connectivity index (χ0) is 23.8. The molecule has 0 saturated heterocycles. The van der Waals surface area contributed by atoms with Crippen LogP contribution in [0, 0.1) is 0 Å². The third kappa shape index (κ3) is 4.12. The van der Waals surface area contributed by atoms with Gasteiger partial charge in [0, 0.05) is 45.0 Å². The van der Waals surface area contributed by atoms with E-state index in [4.69, 9.17) is 9.72 Å². The monoisotopic (exact) mass is 528 g/mol. The van der Waals surface area contributed by atoms with Crippen LogP contribution in [0.5, 0.6) is 5.75 Å². The molecule has 6 rings (SSSR count). The van der Waals surface area contributed by atoms with Crippen LogP contribution in [-0.2, 0) is 25.9 Å². The van der Waals surface area contributed by atoms with E-state index >= 15 is 0 Å². The van der Waals surface area contributed by atoms with E-state index in [0.29, 0.717) is 12.4 Å². The summed E-state index contributed by atoms with van der Waals surface area (Å²) in [6, 6.07) is 16.6. The van der Waals surface area contributed by atoms with Crippen LogP contribution in [0.3, 0.4) is 0 Å². The van der Waals surface area contributed by atoms with Gasteiger partial charge >= 0.3 is 0 Å². The van der Waals surface area contributed by atoms with Crippen molar-refractivity contribution in [1.82, 2.24) is 30.6 Å². The highest BCUT2D eigenvalue weighted by Crippen LogP contribution is 2.39. The standard InChI is InChI=1S/C27H25BrN6O/c1-2-17-14-24(20-9-5-6-10-22(20)29-17)35-15-16-11-12-23-21(13-16)25(28)26(30-23)18-7-3-4-8-19(18)27-31-33-34-32-27/h3-4,7-8,11-14,30H,2,5-6,9-10,15H2,1H3,(H,31,32,33,34). The second kappa shape index (κ2) is 9.26. The number of aromatic nitrogens is 6. The Morgan fingerprint density at radius 1 is 1.03 bits per heavy atom. The third-order valence-electron chi connectivity index (χ3n) is 6.67. The fraction of sp³-hybridized carbons (Fsp3) is 0.259. The number of pyridine rings is 1. The van der Waals surface area contributed by atoms with Gasteiger partial charge in [-0.15, -0.1) is 5.10 Å². The van der Waals surface area contributed by atoms with Gasteiger partial charge in [0.05, 0.1) is 10.2 Å². The number of fused-ring (bicyclic) bond motifs is 2. The first-order valence-corrected chi connectivity index (χ1v) is 12.8. The lowest BCUT2D eigenvalue weighted by molar-refractivity contribution is 0.300. The summed E-state index contributed by atoms with van der Waals surface area (Å²) in [7, 11) is 0. The zero-order valence-corrected chi connectivity index (χ0v) is 21.0. The fourth-order valence-electron chi connectivity index (χ4n) is 4.86. The lowest BCUT2D eigenvalue weighted by Crippen LogP contribution is -2.10. The van der Waals surface area contributed by atoms with E-state index < -0.39 is 0 Å². The quantitative estimate of drug-likeness (QED) is 0.274. The number of aryl methyl sites for hydroxylation is 2. The smallest absolute Gasteiger partial charge is 0.180 e. The first kappa shape index (κ1) is 22.0. The van der Waals surface area contributed by atoms with Gasteiger partial charge in [0.25, 0.3) is 0 Å². The average molecular weight is 529 g/mol. The number of nitrogens with one attached hydrogen (secondary N) is 2. The summed E-state index contributed by atoms with van der Waals surface area (Å²) in [5.74, 6) is 1.63. The van der Waals surface area contributed by atoms with E-state index in [0.717, 1.165) is 68.5 Å². The van der Waals surface area contributed by atoms with Gasteiger partial charge in [0.2, 0.25) is 0 Å². The number of tetrazole rings is 1. The highest BCUT2D eigenvalue weighted by molar-refractivity contribution is 9.10. The maximum absolute atomic E-state index is 6.39. The number of ether oxygens (including phenoxy) is 1. The number of halogens is 1. The molecular weight excluding hydrogens is 504 g/mol. The minimum atomic E-state index is 0.517. The minimum absolute atomic E-state index is 0.517. The molecule has 3 heterocycles. The summed E-state index contributed by atoms with van der Waals surface area (Å²) in [6.07, 6.45) is 5.43. The number of rotatable bonds is 6. The second-order valence-electron chi connectivity index (χ2n) is 8.88. The van der Waals surface area contributed by atoms with Gasteiger partial charge in [-0.3, -0.25) is 4.98 Å². The van der Waals surface area contributed by atoms with Crippen LogP contribution in [0.2, 0.25) is 0 Å². The molecule has 7 nitrogen and oxygen atoms in total. The van der Waals surface area contributed by atoms with Crippen molar-refractivity contribution < 1.29 is 4.74 Å². The first-order chi connectivity index (χ1) is 17.2. The number of aromatic amines is 2. The van der Waals surface area contributed by atoms with E-state index in [1.54, 1.807) is 0 Å². The molecule has 0 spiro atoms. The van der Waals surface area contributed by atoms with E-state index in [1.807, 2.05) is 18.2 Å². The number of benzene rings is 2. The second-order valence-corrected chi connectivity index (χ2v) is 9.67. The molecule has 2 aromatic carbocycles. The van der Waals surface area contributed by atoms with Crippen molar-refractivity contribution >= 4 is 26.8 Å². The predicted octanol–water partition coefficient (Wildman–Crippen LogP) is 6.19. The van der Waals surface area contributed by atoms with Crippen molar-refractivity contribution in [1.29, 1.82) is 0 Å². The number of H-pyrrole nitrogens is 2. The van der Waals surface area contributed by atoms with Crippen LogP contribution in [0.4, 0.5) is 0 Å². The highest BCUT2D eigenvalue weighted by atomic mass is 79.9. The van der Waals surface area contributed by atoms with Crippen molar-refractivity contribution in [2.75, 3.05) is 0 Å². The number of hydrogen-bond acceptors (Lipinski definition) is 5. The molecule has 8 heteroatoms. The van der Waals surface area contributed by atoms with E-state index in [-0.39, 0.29) is 0 Å². The molecule has 0 amide bonds. The van der Waals surface area contributed by atoms with Crippen LogP contribution in [0.25, 0.3) is 33.5 Å². The molecule has 5 aromatic rings. The Balaban J connectivity index is 1.32. The van der Waals surface area contributed by atoms with Crippen molar-refractivity contribution in [3.05, 3.63) is 75.5 Å². The van der Waals surface area contributed by atoms with Crippen LogP contribution in [-0.4, -0.2) is 30.6 Å². The maximum Gasteiger partial charge on any atom is 0.180 e. The molecule has 176 valence electrons. The van der Waals surface area contributed by atoms with Crippen LogP contribution in [0.1, 0.15) is 42.3 Å². The Morgan fingerprint density at radius 3 is 2.71 bits per heavy atom. The average Bonchev–Trinajstić information content (AvgIpc) is 3.55. The van der Waals surface area contributed by atoms with E-state index in [9.17, 15) is 0 Å². The van der Waals surface area contributed by atoms with Gasteiger partial charge in [0.15, 0.2) is 5.82 Å². The van der Waals surface area contributed by atoms with Gasteiger partial charge in [-0.05, 0) is 76.2 Å². The van der Waals surface area contributed by atoms with Crippen LogP contribution >= 0.6 is 15.9 Å². The summed E-state index contributed by atoms with van der Waals surface area (Å²) < 4.78 is 7.39. The molecule has 2 N–H and O–H groups in total. The lowest BCUT2D eigenvalue weighted by atomic mass is 9.94. The summed E-state index contributed by atoms with van der Waals surface area (Å²) in [4.78, 5) is 8.41. The molecular formula is C27H25BrN6O. The molecule has 1 aliphatic carbocycles. The fourth-order valence-corrected chi connectivity index (χ4v) is 5.50. The van der Waals surface area contributed by atoms with Crippen LogP contribution < -0.4 is 4.74 Å². The summed E-state index contributed by atoms with van der Waals surface area (Å²) in [5.41, 5.74) is 8.73. The summed E-state index contributed by atoms with van der Waals surface area (Å²) >= 11 is 3.84. The van der Waals surface area contributed by atoms with E-state index in [2.05, 4.69) is 78.8 Å². The molecule has 0 fully saturated rings. The largest absolute Gasteiger partial charge is 0.488 e. The van der Waals surface area contributed by atoms with Gasteiger partial charge in [-0.25, -0.2) is 5.10 Å². The van der Waals surface area contributed by atoms with Crippen LogP contribution in [0.15, 0.2) is 53.0 Å². The highest BCUT2D eigenvalue weighted by Gasteiger charge is 2.19. The molecule has 3 aromatic heterocycles. The van der Waals surface area contributed by atoms with Gasteiger partial charge < -0.3 is 9.72 Å². The Bertz CT molecular complexity index is 1510. The maximum atomic E-state index is 6.39. The van der Waals surface area contributed by atoms with Crippen molar-refractivity contribution in [3.63, 3.8) is 0 Å². The molecule has 0 aliphatic heterocycles. The number of nitrogens with zero attached hydrogens (tertiary/aromatic N) is 4. The minimum Gasteiger partial charge on any atom is -0.488 e. The molecule has 0 unspecified atom stereocenters. The first-order valence-electron chi connectivity index (χ1n) is 12.0. The van der Waals surface area contributed by atoms with Gasteiger partial charge in [0.1, 0.15) is 12.4 Å². The molecule has 0 atom stereocenters. The Hall–Kier alpha value is -3.52.